The van der Waals surface area contributed by atoms with Crippen LogP contribution in [0.25, 0.3) is 0 Å². The van der Waals surface area contributed by atoms with E-state index >= 15 is 0 Å². The van der Waals surface area contributed by atoms with Gasteiger partial charge < -0.3 is 9.47 Å². The van der Waals surface area contributed by atoms with E-state index in [4.69, 9.17) is 9.47 Å². The molecule has 0 fully saturated rings. The molecule has 0 aromatic heterocycles. The van der Waals surface area contributed by atoms with Crippen molar-refractivity contribution in [3.63, 3.8) is 0 Å². The number of hydrogen-bond donors (Lipinski definition) is 0. The SMILES string of the molecule is COC(C=N[C@H](C)c1ccccc1)OC. The predicted molar refractivity (Wildman–Crippen MR) is 61.2 cm³/mol. The molecule has 15 heavy (non-hydrogen) atoms. The average Bonchev–Trinajstić information content (AvgIpc) is 2.31. The van der Waals surface area contributed by atoms with Gasteiger partial charge in [-0.2, -0.15) is 0 Å². The fourth-order valence-electron chi connectivity index (χ4n) is 1.23. The molecular formula is C12H17NO2. The van der Waals surface area contributed by atoms with Crippen molar-refractivity contribution in [3.05, 3.63) is 35.9 Å². The van der Waals surface area contributed by atoms with Crippen LogP contribution in [-0.2, 0) is 9.47 Å². The molecule has 0 aliphatic rings. The van der Waals surface area contributed by atoms with Gasteiger partial charge >= 0.3 is 0 Å². The fraction of sp³-hybridized carbons (Fsp3) is 0.417. The van der Waals surface area contributed by atoms with Gasteiger partial charge in [0.05, 0.1) is 12.3 Å². The molecule has 82 valence electrons. The van der Waals surface area contributed by atoms with Gasteiger partial charge in [-0.15, -0.1) is 0 Å². The molecule has 1 aromatic rings. The summed E-state index contributed by atoms with van der Waals surface area (Å²) in [5.74, 6) is 0. The van der Waals surface area contributed by atoms with Crippen LogP contribution in [0.3, 0.4) is 0 Å². The minimum Gasteiger partial charge on any atom is -0.351 e. The monoisotopic (exact) mass is 207 g/mol. The standard InChI is InChI=1S/C12H17NO2/c1-10(11-7-5-4-6-8-11)13-9-12(14-2)15-3/h4-10,12H,1-3H3/t10-/m1/s1. The zero-order chi connectivity index (χ0) is 11.1. The van der Waals surface area contributed by atoms with E-state index in [1.54, 1.807) is 20.4 Å². The summed E-state index contributed by atoms with van der Waals surface area (Å²) in [5.41, 5.74) is 1.18. The van der Waals surface area contributed by atoms with Crippen LogP contribution in [0.1, 0.15) is 18.5 Å². The van der Waals surface area contributed by atoms with E-state index < -0.39 is 0 Å². The highest BCUT2D eigenvalue weighted by Crippen LogP contribution is 2.15. The van der Waals surface area contributed by atoms with Crippen molar-refractivity contribution in [2.24, 2.45) is 4.99 Å². The maximum atomic E-state index is 5.01. The van der Waals surface area contributed by atoms with Gasteiger partial charge in [-0.05, 0) is 12.5 Å². The number of hydrogen-bond acceptors (Lipinski definition) is 3. The Morgan fingerprint density at radius 1 is 1.13 bits per heavy atom. The van der Waals surface area contributed by atoms with E-state index in [9.17, 15) is 0 Å². The summed E-state index contributed by atoms with van der Waals surface area (Å²) in [6.45, 7) is 2.04. The summed E-state index contributed by atoms with van der Waals surface area (Å²) in [6.07, 6.45) is 1.31. The summed E-state index contributed by atoms with van der Waals surface area (Å²) < 4.78 is 10.0. The number of methoxy groups -OCH3 is 2. The highest BCUT2D eigenvalue weighted by atomic mass is 16.7. The van der Waals surface area contributed by atoms with Crippen LogP contribution >= 0.6 is 0 Å². The molecule has 0 saturated carbocycles. The van der Waals surface area contributed by atoms with Crippen LogP contribution in [0.2, 0.25) is 0 Å². The Balaban J connectivity index is 2.59. The molecule has 3 heteroatoms. The van der Waals surface area contributed by atoms with Crippen molar-refractivity contribution < 1.29 is 9.47 Å². The van der Waals surface area contributed by atoms with Crippen LogP contribution in [0, 0.1) is 0 Å². The largest absolute Gasteiger partial charge is 0.351 e. The second-order valence-electron chi connectivity index (χ2n) is 3.22. The highest BCUT2D eigenvalue weighted by Gasteiger charge is 2.03. The first-order chi connectivity index (χ1) is 7.27. The number of rotatable bonds is 5. The van der Waals surface area contributed by atoms with Crippen molar-refractivity contribution in [1.82, 2.24) is 0 Å². The Bertz CT molecular complexity index is 294. The number of benzene rings is 1. The fourth-order valence-corrected chi connectivity index (χ4v) is 1.23. The van der Waals surface area contributed by atoms with E-state index in [2.05, 4.69) is 17.1 Å². The molecule has 0 aliphatic carbocycles. The molecule has 0 bridgehead atoms. The lowest BCUT2D eigenvalue weighted by Crippen LogP contribution is -2.14. The Hall–Kier alpha value is -1.19. The Labute approximate surface area is 90.7 Å². The van der Waals surface area contributed by atoms with Gasteiger partial charge in [0.25, 0.3) is 0 Å². The third-order valence-electron chi connectivity index (χ3n) is 2.18. The van der Waals surface area contributed by atoms with E-state index in [-0.39, 0.29) is 12.3 Å². The molecule has 0 radical (unpaired) electrons. The van der Waals surface area contributed by atoms with Crippen LogP contribution in [-0.4, -0.2) is 26.7 Å². The van der Waals surface area contributed by atoms with Crippen molar-refractivity contribution in [3.8, 4) is 0 Å². The number of nitrogens with zero attached hydrogens (tertiary/aromatic N) is 1. The normalized spacial score (nSPS) is 13.6. The van der Waals surface area contributed by atoms with Gasteiger partial charge in [0.15, 0.2) is 6.29 Å². The maximum absolute atomic E-state index is 5.01. The van der Waals surface area contributed by atoms with Gasteiger partial charge in [-0.25, -0.2) is 0 Å². The third kappa shape index (κ3) is 3.81. The lowest BCUT2D eigenvalue weighted by Gasteiger charge is -2.10. The molecule has 1 rings (SSSR count). The topological polar surface area (TPSA) is 30.8 Å². The van der Waals surface area contributed by atoms with E-state index in [1.165, 1.54) is 5.56 Å². The molecule has 0 heterocycles. The first-order valence-corrected chi connectivity index (χ1v) is 4.91. The molecule has 1 aromatic carbocycles. The van der Waals surface area contributed by atoms with Gasteiger partial charge in [-0.3, -0.25) is 4.99 Å². The lowest BCUT2D eigenvalue weighted by atomic mass is 10.1. The summed E-state index contributed by atoms with van der Waals surface area (Å²) in [6, 6.07) is 10.2. The summed E-state index contributed by atoms with van der Waals surface area (Å²) >= 11 is 0. The van der Waals surface area contributed by atoms with Crippen LogP contribution in [0.4, 0.5) is 0 Å². The molecule has 0 unspecified atom stereocenters. The molecular weight excluding hydrogens is 190 g/mol. The van der Waals surface area contributed by atoms with Gasteiger partial charge in [0, 0.05) is 14.2 Å². The van der Waals surface area contributed by atoms with Crippen LogP contribution in [0.5, 0.6) is 0 Å². The Morgan fingerprint density at radius 2 is 1.73 bits per heavy atom. The lowest BCUT2D eigenvalue weighted by molar-refractivity contribution is -0.0486. The number of aliphatic imine (C=N–C) groups is 1. The number of ether oxygens (including phenoxy) is 2. The molecule has 0 aliphatic heterocycles. The van der Waals surface area contributed by atoms with Gasteiger partial charge in [0.2, 0.25) is 0 Å². The summed E-state index contributed by atoms with van der Waals surface area (Å²) in [7, 11) is 3.18. The van der Waals surface area contributed by atoms with Crippen molar-refractivity contribution >= 4 is 6.21 Å². The molecule has 3 nitrogen and oxygen atoms in total. The highest BCUT2D eigenvalue weighted by molar-refractivity contribution is 5.61. The maximum Gasteiger partial charge on any atom is 0.193 e. The van der Waals surface area contributed by atoms with Crippen LogP contribution in [0.15, 0.2) is 35.3 Å². The van der Waals surface area contributed by atoms with E-state index in [0.29, 0.717) is 0 Å². The van der Waals surface area contributed by atoms with Crippen molar-refractivity contribution in [2.45, 2.75) is 19.3 Å². The molecule has 0 N–H and O–H groups in total. The Morgan fingerprint density at radius 3 is 2.27 bits per heavy atom. The van der Waals surface area contributed by atoms with E-state index in [0.717, 1.165) is 0 Å². The molecule has 0 saturated heterocycles. The van der Waals surface area contributed by atoms with Crippen molar-refractivity contribution in [2.75, 3.05) is 14.2 Å². The average molecular weight is 207 g/mol. The molecule has 1 atom stereocenters. The second-order valence-corrected chi connectivity index (χ2v) is 3.22. The smallest absolute Gasteiger partial charge is 0.193 e. The zero-order valence-corrected chi connectivity index (χ0v) is 9.38. The molecule has 0 amide bonds. The zero-order valence-electron chi connectivity index (χ0n) is 9.38. The van der Waals surface area contributed by atoms with Crippen molar-refractivity contribution in [1.29, 1.82) is 0 Å². The van der Waals surface area contributed by atoms with Crippen LogP contribution < -0.4 is 0 Å². The van der Waals surface area contributed by atoms with Gasteiger partial charge in [0.1, 0.15) is 0 Å². The molecule has 0 spiro atoms. The third-order valence-corrected chi connectivity index (χ3v) is 2.18. The van der Waals surface area contributed by atoms with Gasteiger partial charge in [-0.1, -0.05) is 30.3 Å². The first-order valence-electron chi connectivity index (χ1n) is 4.91. The quantitative estimate of drug-likeness (QED) is 0.548. The minimum atomic E-state index is -0.365. The van der Waals surface area contributed by atoms with E-state index in [1.807, 2.05) is 25.1 Å². The first kappa shape index (κ1) is 11.9. The predicted octanol–water partition coefficient (Wildman–Crippen LogP) is 2.44. The Kier molecular flexibility index (Phi) is 5.01. The second kappa shape index (κ2) is 6.32. The summed E-state index contributed by atoms with van der Waals surface area (Å²) in [4.78, 5) is 4.36. The minimum absolute atomic E-state index is 0.124. The summed E-state index contributed by atoms with van der Waals surface area (Å²) in [5, 5.41) is 0.